The fourth-order valence-corrected chi connectivity index (χ4v) is 0.787. The highest BCUT2D eigenvalue weighted by Gasteiger charge is 1.76. The van der Waals surface area contributed by atoms with Crippen molar-refractivity contribution in [3.8, 4) is 0 Å². The fourth-order valence-electron chi connectivity index (χ4n) is 0.787. The van der Waals surface area contributed by atoms with E-state index in [4.69, 9.17) is 5.11 Å². The zero-order valence-electron chi connectivity index (χ0n) is 7.29. The maximum atomic E-state index is 8.40. The van der Waals surface area contributed by atoms with Gasteiger partial charge in [0.15, 0.2) is 0 Å². The molecule has 0 fully saturated rings. The van der Waals surface area contributed by atoms with E-state index >= 15 is 0 Å². The zero-order valence-corrected chi connectivity index (χ0v) is 7.29. The summed E-state index contributed by atoms with van der Waals surface area (Å²) in [6.45, 7) is 2.34. The molecule has 1 N–H and O–H groups in total. The summed E-state index contributed by atoms with van der Waals surface area (Å²) >= 11 is 0. The van der Waals surface area contributed by atoms with Gasteiger partial charge in [0.25, 0.3) is 0 Å². The van der Waals surface area contributed by atoms with Gasteiger partial charge in [-0.05, 0) is 19.3 Å². The maximum Gasteiger partial charge on any atom is 0.0612 e. The van der Waals surface area contributed by atoms with Crippen molar-refractivity contribution < 1.29 is 5.11 Å². The van der Waals surface area contributed by atoms with Crippen LogP contribution < -0.4 is 0 Å². The first-order valence-electron chi connectivity index (χ1n) is 4.32. The van der Waals surface area contributed by atoms with Crippen LogP contribution in [-0.4, -0.2) is 11.7 Å². The molecule has 11 heavy (non-hydrogen) atoms. The monoisotopic (exact) mass is 154 g/mol. The van der Waals surface area contributed by atoms with E-state index in [9.17, 15) is 0 Å². The Hall–Kier alpha value is -0.560. The summed E-state index contributed by atoms with van der Waals surface area (Å²) in [7, 11) is 0. The van der Waals surface area contributed by atoms with Crippen molar-refractivity contribution in [2.24, 2.45) is 0 Å². The van der Waals surface area contributed by atoms with E-state index in [-0.39, 0.29) is 6.61 Å². The van der Waals surface area contributed by atoms with Gasteiger partial charge in [-0.15, -0.1) is 0 Å². The molecule has 0 spiro atoms. The number of rotatable bonds is 6. The number of hydrogen-bond acceptors (Lipinski definition) is 1. The van der Waals surface area contributed by atoms with E-state index in [2.05, 4.69) is 19.1 Å². The molecule has 0 radical (unpaired) electrons. The second-order valence-corrected chi connectivity index (χ2v) is 2.49. The summed E-state index contributed by atoms with van der Waals surface area (Å²) in [5.74, 6) is 0. The Morgan fingerprint density at radius 1 is 0.909 bits per heavy atom. The van der Waals surface area contributed by atoms with Crippen molar-refractivity contribution in [3.63, 3.8) is 0 Å². The summed E-state index contributed by atoms with van der Waals surface area (Å²) in [6, 6.07) is 0. The summed E-state index contributed by atoms with van der Waals surface area (Å²) in [6.07, 6.45) is 12.8. The van der Waals surface area contributed by atoms with Gasteiger partial charge in [0.1, 0.15) is 0 Å². The van der Waals surface area contributed by atoms with Gasteiger partial charge in [-0.2, -0.15) is 0 Å². The Morgan fingerprint density at radius 2 is 1.45 bits per heavy atom. The second-order valence-electron chi connectivity index (χ2n) is 2.49. The molecule has 0 aliphatic carbocycles. The van der Waals surface area contributed by atoms with Crippen LogP contribution in [0.2, 0.25) is 0 Å². The largest absolute Gasteiger partial charge is 0.392 e. The minimum Gasteiger partial charge on any atom is -0.392 e. The topological polar surface area (TPSA) is 20.2 Å². The lowest BCUT2D eigenvalue weighted by Gasteiger charge is -1.86. The molecular formula is C10H18O. The van der Waals surface area contributed by atoms with Crippen LogP contribution >= 0.6 is 0 Å². The molecule has 0 bridgehead atoms. The van der Waals surface area contributed by atoms with Crippen molar-refractivity contribution in [3.05, 3.63) is 24.3 Å². The van der Waals surface area contributed by atoms with Gasteiger partial charge in [-0.25, -0.2) is 0 Å². The molecule has 64 valence electrons. The van der Waals surface area contributed by atoms with Gasteiger partial charge in [0, 0.05) is 0 Å². The Labute approximate surface area is 69.4 Å². The van der Waals surface area contributed by atoms with Crippen LogP contribution in [0, 0.1) is 0 Å². The molecule has 0 unspecified atom stereocenters. The van der Waals surface area contributed by atoms with Crippen LogP contribution in [0.3, 0.4) is 0 Å². The lowest BCUT2D eigenvalue weighted by molar-refractivity contribution is 0.342. The Balaban J connectivity index is 3.06. The predicted molar refractivity (Wildman–Crippen MR) is 49.5 cm³/mol. The molecule has 0 aromatic rings. The van der Waals surface area contributed by atoms with Gasteiger partial charge in [-0.3, -0.25) is 0 Å². The Kier molecular flexibility index (Phi) is 8.96. The highest BCUT2D eigenvalue weighted by molar-refractivity contribution is 4.87. The molecule has 0 aliphatic heterocycles. The van der Waals surface area contributed by atoms with E-state index in [1.165, 1.54) is 12.8 Å². The van der Waals surface area contributed by atoms with E-state index in [0.29, 0.717) is 0 Å². The van der Waals surface area contributed by atoms with Crippen molar-refractivity contribution in [2.45, 2.75) is 32.6 Å². The zero-order chi connectivity index (χ0) is 8.36. The molecule has 0 aromatic carbocycles. The highest BCUT2D eigenvalue weighted by Crippen LogP contribution is 1.95. The SMILES string of the molecule is CCC/C=C/CC/C=C/CO. The summed E-state index contributed by atoms with van der Waals surface area (Å²) in [5.41, 5.74) is 0. The molecule has 0 saturated heterocycles. The molecule has 1 heteroatoms. The first-order valence-corrected chi connectivity index (χ1v) is 4.32. The fraction of sp³-hybridized carbons (Fsp3) is 0.600. The van der Waals surface area contributed by atoms with Crippen LogP contribution in [0.15, 0.2) is 24.3 Å². The molecule has 0 rings (SSSR count). The lowest BCUT2D eigenvalue weighted by atomic mass is 10.2. The van der Waals surface area contributed by atoms with Crippen molar-refractivity contribution in [1.29, 1.82) is 0 Å². The van der Waals surface area contributed by atoms with E-state index in [0.717, 1.165) is 12.8 Å². The van der Waals surface area contributed by atoms with Crippen LogP contribution in [0.4, 0.5) is 0 Å². The summed E-state index contributed by atoms with van der Waals surface area (Å²) < 4.78 is 0. The summed E-state index contributed by atoms with van der Waals surface area (Å²) in [4.78, 5) is 0. The third kappa shape index (κ3) is 9.44. The number of aliphatic hydroxyl groups is 1. The van der Waals surface area contributed by atoms with Crippen molar-refractivity contribution >= 4 is 0 Å². The highest BCUT2D eigenvalue weighted by atomic mass is 16.2. The third-order valence-electron chi connectivity index (χ3n) is 1.39. The minimum absolute atomic E-state index is 0.165. The Morgan fingerprint density at radius 3 is 2.00 bits per heavy atom. The van der Waals surface area contributed by atoms with E-state index in [1.54, 1.807) is 6.08 Å². The number of allylic oxidation sites excluding steroid dienone is 3. The van der Waals surface area contributed by atoms with Crippen molar-refractivity contribution in [1.82, 2.24) is 0 Å². The predicted octanol–water partition coefficient (Wildman–Crippen LogP) is 2.67. The van der Waals surface area contributed by atoms with Crippen LogP contribution in [-0.2, 0) is 0 Å². The van der Waals surface area contributed by atoms with E-state index in [1.807, 2.05) is 6.08 Å². The van der Waals surface area contributed by atoms with Gasteiger partial charge < -0.3 is 5.11 Å². The lowest BCUT2D eigenvalue weighted by Crippen LogP contribution is -1.71. The number of aliphatic hydroxyl groups excluding tert-OH is 1. The van der Waals surface area contributed by atoms with E-state index < -0.39 is 0 Å². The van der Waals surface area contributed by atoms with Crippen LogP contribution in [0.25, 0.3) is 0 Å². The molecule has 0 saturated carbocycles. The normalized spacial score (nSPS) is 11.8. The standard InChI is InChI=1S/C10H18O/c1-2-3-4-5-6-7-8-9-10-11/h4-5,8-9,11H,2-3,6-7,10H2,1H3/b5-4+,9-8+. The summed E-state index contributed by atoms with van der Waals surface area (Å²) in [5, 5.41) is 8.40. The van der Waals surface area contributed by atoms with Gasteiger partial charge >= 0.3 is 0 Å². The second kappa shape index (κ2) is 9.44. The van der Waals surface area contributed by atoms with Crippen LogP contribution in [0.1, 0.15) is 32.6 Å². The molecule has 0 aliphatic rings. The first-order chi connectivity index (χ1) is 5.41. The number of unbranched alkanes of at least 4 members (excludes halogenated alkanes) is 2. The Bertz CT molecular complexity index is 114. The average molecular weight is 154 g/mol. The van der Waals surface area contributed by atoms with Gasteiger partial charge in [0.05, 0.1) is 6.61 Å². The first kappa shape index (κ1) is 10.4. The molecule has 0 heterocycles. The van der Waals surface area contributed by atoms with Crippen molar-refractivity contribution in [2.75, 3.05) is 6.61 Å². The number of hydrogen-bond donors (Lipinski definition) is 1. The minimum atomic E-state index is 0.165. The molecule has 1 nitrogen and oxygen atoms in total. The smallest absolute Gasteiger partial charge is 0.0612 e. The molecule has 0 atom stereocenters. The molecule has 0 aromatic heterocycles. The average Bonchev–Trinajstić information content (AvgIpc) is 2.03. The third-order valence-corrected chi connectivity index (χ3v) is 1.39. The van der Waals surface area contributed by atoms with Gasteiger partial charge in [0.2, 0.25) is 0 Å². The quantitative estimate of drug-likeness (QED) is 0.460. The molecular weight excluding hydrogens is 136 g/mol. The molecule has 0 amide bonds. The van der Waals surface area contributed by atoms with Crippen LogP contribution in [0.5, 0.6) is 0 Å². The van der Waals surface area contributed by atoms with Gasteiger partial charge in [-0.1, -0.05) is 37.6 Å². The maximum absolute atomic E-state index is 8.40.